The van der Waals surface area contributed by atoms with E-state index in [2.05, 4.69) is 5.32 Å². The Labute approximate surface area is 99.8 Å². The van der Waals surface area contributed by atoms with Crippen LogP contribution in [0, 0.1) is 12.8 Å². The van der Waals surface area contributed by atoms with Crippen LogP contribution in [-0.4, -0.2) is 17.4 Å². The molecule has 1 atom stereocenters. The number of thioether (sulfide) groups is 1. The van der Waals surface area contributed by atoms with Crippen molar-refractivity contribution in [1.29, 1.82) is 0 Å². The molecule has 86 valence electrons. The fourth-order valence-electron chi connectivity index (χ4n) is 1.77. The summed E-state index contributed by atoms with van der Waals surface area (Å²) in [7, 11) is 0. The lowest BCUT2D eigenvalue weighted by Crippen LogP contribution is -2.22. The summed E-state index contributed by atoms with van der Waals surface area (Å²) in [5, 5.41) is 2.90. The summed E-state index contributed by atoms with van der Waals surface area (Å²) in [5.41, 5.74) is 8.32. The number of nitrogens with one attached hydrogen (secondary N) is 1. The minimum atomic E-state index is 0.0977. The molecule has 1 fully saturated rings. The third kappa shape index (κ3) is 2.50. The predicted molar refractivity (Wildman–Crippen MR) is 69.7 cm³/mol. The van der Waals surface area contributed by atoms with E-state index in [1.165, 1.54) is 0 Å². The molecule has 16 heavy (non-hydrogen) atoms. The molecule has 4 heteroatoms. The number of amides is 1. The third-order valence-electron chi connectivity index (χ3n) is 2.77. The summed E-state index contributed by atoms with van der Waals surface area (Å²) in [5.74, 6) is 2.25. The number of nitrogen functional groups attached to an aromatic ring is 1. The number of hydrogen-bond acceptors (Lipinski definition) is 3. The van der Waals surface area contributed by atoms with E-state index in [0.717, 1.165) is 29.2 Å². The largest absolute Gasteiger partial charge is 0.397 e. The smallest absolute Gasteiger partial charge is 0.228 e. The number of carbonyl (C=O) groups is 1. The van der Waals surface area contributed by atoms with Crippen molar-refractivity contribution >= 4 is 29.0 Å². The van der Waals surface area contributed by atoms with Gasteiger partial charge in [0.05, 0.1) is 11.4 Å². The Morgan fingerprint density at radius 3 is 3.00 bits per heavy atom. The zero-order valence-electron chi connectivity index (χ0n) is 9.32. The van der Waals surface area contributed by atoms with E-state index in [4.69, 9.17) is 5.73 Å². The van der Waals surface area contributed by atoms with Gasteiger partial charge in [0.15, 0.2) is 0 Å². The molecule has 1 saturated heterocycles. The van der Waals surface area contributed by atoms with Crippen LogP contribution in [0.25, 0.3) is 0 Å². The fraction of sp³-hybridized carbons (Fsp3) is 0.417. The van der Waals surface area contributed by atoms with Gasteiger partial charge < -0.3 is 11.1 Å². The van der Waals surface area contributed by atoms with Crippen LogP contribution in [-0.2, 0) is 4.79 Å². The van der Waals surface area contributed by atoms with Crippen molar-refractivity contribution in [2.24, 2.45) is 5.92 Å². The van der Waals surface area contributed by atoms with Crippen molar-refractivity contribution < 1.29 is 4.79 Å². The van der Waals surface area contributed by atoms with Crippen LogP contribution in [0.15, 0.2) is 18.2 Å². The van der Waals surface area contributed by atoms with Gasteiger partial charge in [0.25, 0.3) is 0 Å². The Morgan fingerprint density at radius 1 is 1.56 bits per heavy atom. The van der Waals surface area contributed by atoms with Crippen molar-refractivity contribution in [2.45, 2.75) is 13.3 Å². The number of rotatable bonds is 2. The molecule has 1 heterocycles. The van der Waals surface area contributed by atoms with Gasteiger partial charge in [-0.05, 0) is 36.8 Å². The summed E-state index contributed by atoms with van der Waals surface area (Å²) in [6.45, 7) is 1.98. The predicted octanol–water partition coefficient (Wildman–Crippen LogP) is 2.27. The molecule has 0 saturated carbocycles. The average molecular weight is 236 g/mol. The SMILES string of the molecule is Cc1ccc(NC(=O)C2CCSC2)c(N)c1. The summed E-state index contributed by atoms with van der Waals surface area (Å²) in [4.78, 5) is 11.9. The monoisotopic (exact) mass is 236 g/mol. The molecule has 1 unspecified atom stereocenters. The van der Waals surface area contributed by atoms with Gasteiger partial charge in [-0.2, -0.15) is 11.8 Å². The van der Waals surface area contributed by atoms with Gasteiger partial charge in [-0.3, -0.25) is 4.79 Å². The van der Waals surface area contributed by atoms with Crippen LogP contribution in [0.4, 0.5) is 11.4 Å². The van der Waals surface area contributed by atoms with E-state index in [1.54, 1.807) is 0 Å². The molecule has 0 bridgehead atoms. The third-order valence-corrected chi connectivity index (χ3v) is 3.93. The van der Waals surface area contributed by atoms with E-state index in [0.29, 0.717) is 5.69 Å². The number of hydrogen-bond donors (Lipinski definition) is 2. The molecule has 0 aromatic heterocycles. The van der Waals surface area contributed by atoms with Gasteiger partial charge in [-0.15, -0.1) is 0 Å². The van der Waals surface area contributed by atoms with Gasteiger partial charge in [0, 0.05) is 11.7 Å². The minimum absolute atomic E-state index is 0.0977. The molecule has 1 aromatic rings. The number of aryl methyl sites for hydroxylation is 1. The van der Waals surface area contributed by atoms with Crippen LogP contribution in [0.3, 0.4) is 0 Å². The highest BCUT2D eigenvalue weighted by Crippen LogP contribution is 2.26. The zero-order valence-corrected chi connectivity index (χ0v) is 10.1. The Hall–Kier alpha value is -1.16. The van der Waals surface area contributed by atoms with E-state index in [1.807, 2.05) is 36.9 Å². The molecule has 1 amide bonds. The lowest BCUT2D eigenvalue weighted by molar-refractivity contribution is -0.119. The Morgan fingerprint density at radius 2 is 2.38 bits per heavy atom. The molecule has 3 N–H and O–H groups in total. The van der Waals surface area contributed by atoms with E-state index in [-0.39, 0.29) is 11.8 Å². The van der Waals surface area contributed by atoms with Crippen LogP contribution >= 0.6 is 11.8 Å². The molecule has 1 aromatic carbocycles. The fourth-order valence-corrected chi connectivity index (χ4v) is 2.99. The van der Waals surface area contributed by atoms with Crippen molar-refractivity contribution in [2.75, 3.05) is 22.6 Å². The summed E-state index contributed by atoms with van der Waals surface area (Å²) >= 11 is 1.84. The Bertz CT molecular complexity index is 400. The highest BCUT2D eigenvalue weighted by Gasteiger charge is 2.23. The maximum atomic E-state index is 11.9. The van der Waals surface area contributed by atoms with E-state index < -0.39 is 0 Å². The lowest BCUT2D eigenvalue weighted by Gasteiger charge is -2.12. The molecular formula is C12H16N2OS. The second kappa shape index (κ2) is 4.78. The molecule has 2 rings (SSSR count). The van der Waals surface area contributed by atoms with Crippen molar-refractivity contribution in [1.82, 2.24) is 0 Å². The maximum Gasteiger partial charge on any atom is 0.228 e. The Kier molecular flexibility index (Phi) is 3.39. The second-order valence-corrected chi connectivity index (χ2v) is 5.29. The van der Waals surface area contributed by atoms with Gasteiger partial charge >= 0.3 is 0 Å². The van der Waals surface area contributed by atoms with Crippen LogP contribution in [0.1, 0.15) is 12.0 Å². The van der Waals surface area contributed by atoms with Crippen LogP contribution < -0.4 is 11.1 Å². The second-order valence-electron chi connectivity index (χ2n) is 4.14. The number of benzene rings is 1. The molecule has 3 nitrogen and oxygen atoms in total. The first kappa shape index (κ1) is 11.3. The zero-order chi connectivity index (χ0) is 11.5. The van der Waals surface area contributed by atoms with Gasteiger partial charge in [0.1, 0.15) is 0 Å². The summed E-state index contributed by atoms with van der Waals surface area (Å²) in [6, 6.07) is 5.69. The van der Waals surface area contributed by atoms with Crippen molar-refractivity contribution in [3.05, 3.63) is 23.8 Å². The molecule has 0 spiro atoms. The first-order valence-electron chi connectivity index (χ1n) is 5.41. The first-order chi connectivity index (χ1) is 7.66. The number of carbonyl (C=O) groups excluding carboxylic acids is 1. The normalized spacial score (nSPS) is 19.7. The van der Waals surface area contributed by atoms with Gasteiger partial charge in [-0.25, -0.2) is 0 Å². The summed E-state index contributed by atoms with van der Waals surface area (Å²) < 4.78 is 0. The quantitative estimate of drug-likeness (QED) is 0.774. The molecule has 1 aliphatic heterocycles. The van der Waals surface area contributed by atoms with Crippen molar-refractivity contribution in [3.63, 3.8) is 0 Å². The highest BCUT2D eigenvalue weighted by molar-refractivity contribution is 7.99. The topological polar surface area (TPSA) is 55.1 Å². The highest BCUT2D eigenvalue weighted by atomic mass is 32.2. The molecular weight excluding hydrogens is 220 g/mol. The minimum Gasteiger partial charge on any atom is -0.397 e. The number of nitrogens with two attached hydrogens (primary N) is 1. The lowest BCUT2D eigenvalue weighted by atomic mass is 10.1. The van der Waals surface area contributed by atoms with Gasteiger partial charge in [-0.1, -0.05) is 6.07 Å². The molecule has 0 aliphatic carbocycles. The number of anilines is 2. The van der Waals surface area contributed by atoms with E-state index >= 15 is 0 Å². The van der Waals surface area contributed by atoms with Crippen molar-refractivity contribution in [3.8, 4) is 0 Å². The molecule has 1 aliphatic rings. The maximum absolute atomic E-state index is 11.9. The van der Waals surface area contributed by atoms with Gasteiger partial charge in [0.2, 0.25) is 5.91 Å². The van der Waals surface area contributed by atoms with E-state index in [9.17, 15) is 4.79 Å². The Balaban J connectivity index is 2.05. The average Bonchev–Trinajstić information content (AvgIpc) is 2.75. The standard InChI is InChI=1S/C12H16N2OS/c1-8-2-3-11(10(13)6-8)14-12(15)9-4-5-16-7-9/h2-3,6,9H,4-5,7,13H2,1H3,(H,14,15). The molecule has 0 radical (unpaired) electrons. The van der Waals surface area contributed by atoms with Crippen LogP contribution in [0.2, 0.25) is 0 Å². The first-order valence-corrected chi connectivity index (χ1v) is 6.57. The van der Waals surface area contributed by atoms with Crippen LogP contribution in [0.5, 0.6) is 0 Å². The summed E-state index contributed by atoms with van der Waals surface area (Å²) in [6.07, 6.45) is 0.974.